The van der Waals surface area contributed by atoms with Crippen molar-refractivity contribution < 1.29 is 4.74 Å². The topological polar surface area (TPSA) is 27.1 Å². The second-order valence-corrected chi connectivity index (χ2v) is 9.51. The third-order valence-electron chi connectivity index (χ3n) is 7.16. The largest absolute Gasteiger partial charge is 0.464 e. The Morgan fingerprint density at radius 2 is 1.31 bits per heavy atom. The van der Waals surface area contributed by atoms with Crippen molar-refractivity contribution in [2.45, 2.75) is 25.7 Å². The molecular formula is C33H30N2O. The minimum Gasteiger partial charge on any atom is -0.464 e. The molecule has 0 spiro atoms. The van der Waals surface area contributed by atoms with E-state index in [2.05, 4.69) is 108 Å². The Morgan fingerprint density at radius 3 is 2.03 bits per heavy atom. The summed E-state index contributed by atoms with van der Waals surface area (Å²) in [5.74, 6) is 0.641. The van der Waals surface area contributed by atoms with Gasteiger partial charge < -0.3 is 4.74 Å². The molecule has 1 aliphatic carbocycles. The molecule has 3 heteroatoms. The quantitative estimate of drug-likeness (QED) is 0.243. The first-order valence-corrected chi connectivity index (χ1v) is 12.9. The van der Waals surface area contributed by atoms with Crippen LogP contribution in [-0.4, -0.2) is 16.2 Å². The molecule has 1 unspecified atom stereocenters. The standard InChI is InChI=1S/C33H30N2O/c1-4-13-27(14-5-1)31-32(28-15-6-2-7-16-28)35(30-18-8-3-9-19-30)33(34-31)36-23-22-25-20-21-26-12-10-11-17-29(26)24-25/h1-19,25H,20-24H2. The van der Waals surface area contributed by atoms with E-state index in [-0.39, 0.29) is 0 Å². The van der Waals surface area contributed by atoms with Crippen molar-refractivity contribution in [3.05, 3.63) is 126 Å². The number of benzene rings is 4. The van der Waals surface area contributed by atoms with E-state index in [0.29, 0.717) is 18.5 Å². The van der Waals surface area contributed by atoms with E-state index in [1.54, 1.807) is 0 Å². The van der Waals surface area contributed by atoms with Gasteiger partial charge >= 0.3 is 6.01 Å². The summed E-state index contributed by atoms with van der Waals surface area (Å²) in [5, 5.41) is 0. The molecule has 36 heavy (non-hydrogen) atoms. The van der Waals surface area contributed by atoms with Crippen molar-refractivity contribution in [3.8, 4) is 34.2 Å². The van der Waals surface area contributed by atoms with Crippen LogP contribution in [0.2, 0.25) is 0 Å². The van der Waals surface area contributed by atoms with Crippen molar-refractivity contribution >= 4 is 0 Å². The summed E-state index contributed by atoms with van der Waals surface area (Å²) in [4.78, 5) is 5.09. The zero-order valence-corrected chi connectivity index (χ0v) is 20.4. The molecule has 3 nitrogen and oxygen atoms in total. The molecule has 0 aliphatic heterocycles. The van der Waals surface area contributed by atoms with E-state index < -0.39 is 0 Å². The van der Waals surface area contributed by atoms with Gasteiger partial charge in [0.05, 0.1) is 18.0 Å². The van der Waals surface area contributed by atoms with Crippen molar-refractivity contribution in [3.63, 3.8) is 0 Å². The first-order chi connectivity index (χ1) is 17.9. The molecule has 0 bridgehead atoms. The van der Waals surface area contributed by atoms with E-state index in [4.69, 9.17) is 9.72 Å². The number of para-hydroxylation sites is 1. The molecule has 1 aromatic heterocycles. The Bertz CT molecular complexity index is 1430. The summed E-state index contributed by atoms with van der Waals surface area (Å²) >= 11 is 0. The average molecular weight is 471 g/mol. The van der Waals surface area contributed by atoms with Gasteiger partial charge in [-0.3, -0.25) is 4.57 Å². The van der Waals surface area contributed by atoms with E-state index in [9.17, 15) is 0 Å². The molecule has 0 N–H and O–H groups in total. The van der Waals surface area contributed by atoms with E-state index in [1.165, 1.54) is 17.5 Å². The summed E-state index contributed by atoms with van der Waals surface area (Å²) in [7, 11) is 0. The number of nitrogens with zero attached hydrogens (tertiary/aromatic N) is 2. The molecule has 1 atom stereocenters. The lowest BCUT2D eigenvalue weighted by Crippen LogP contribution is -2.17. The Kier molecular flexibility index (Phi) is 6.37. The van der Waals surface area contributed by atoms with Gasteiger partial charge in [-0.2, -0.15) is 4.98 Å². The molecular weight excluding hydrogens is 440 g/mol. The lowest BCUT2D eigenvalue weighted by molar-refractivity contribution is 0.248. The highest BCUT2D eigenvalue weighted by atomic mass is 16.5. The first-order valence-electron chi connectivity index (χ1n) is 12.9. The van der Waals surface area contributed by atoms with Crippen LogP contribution in [-0.2, 0) is 12.8 Å². The molecule has 0 radical (unpaired) electrons. The van der Waals surface area contributed by atoms with E-state index in [0.717, 1.165) is 47.5 Å². The highest BCUT2D eigenvalue weighted by molar-refractivity contribution is 5.81. The second kappa shape index (κ2) is 10.2. The minimum atomic E-state index is 0.641. The Hall–Kier alpha value is -4.11. The maximum Gasteiger partial charge on any atom is 0.302 e. The van der Waals surface area contributed by atoms with Crippen LogP contribution in [0.15, 0.2) is 115 Å². The van der Waals surface area contributed by atoms with Gasteiger partial charge in [-0.05, 0) is 54.9 Å². The fraction of sp³-hybridized carbons (Fsp3) is 0.182. The third-order valence-corrected chi connectivity index (χ3v) is 7.16. The van der Waals surface area contributed by atoms with Gasteiger partial charge in [-0.1, -0.05) is 103 Å². The number of rotatable bonds is 7. The minimum absolute atomic E-state index is 0.641. The smallest absolute Gasteiger partial charge is 0.302 e. The molecule has 0 amide bonds. The summed E-state index contributed by atoms with van der Waals surface area (Å²) in [6, 6.07) is 40.8. The van der Waals surface area contributed by atoms with Gasteiger partial charge in [-0.15, -0.1) is 0 Å². The van der Waals surface area contributed by atoms with Gasteiger partial charge in [0.2, 0.25) is 0 Å². The van der Waals surface area contributed by atoms with Crippen LogP contribution in [0.5, 0.6) is 6.01 Å². The van der Waals surface area contributed by atoms with Gasteiger partial charge in [0.15, 0.2) is 0 Å². The number of imidazole rings is 1. The van der Waals surface area contributed by atoms with Crippen LogP contribution in [0.4, 0.5) is 0 Å². The maximum absolute atomic E-state index is 6.50. The summed E-state index contributed by atoms with van der Waals surface area (Å²) in [6.07, 6.45) is 4.54. The number of ether oxygens (including phenoxy) is 1. The van der Waals surface area contributed by atoms with Crippen molar-refractivity contribution in [1.82, 2.24) is 9.55 Å². The molecule has 5 aromatic rings. The highest BCUT2D eigenvalue weighted by Gasteiger charge is 2.23. The Labute approximate surface area is 213 Å². The van der Waals surface area contributed by atoms with Crippen molar-refractivity contribution in [2.24, 2.45) is 5.92 Å². The Balaban J connectivity index is 1.35. The van der Waals surface area contributed by atoms with Gasteiger partial charge in [0, 0.05) is 11.1 Å². The molecule has 178 valence electrons. The summed E-state index contributed by atoms with van der Waals surface area (Å²) in [5.41, 5.74) is 8.24. The van der Waals surface area contributed by atoms with Crippen LogP contribution in [0, 0.1) is 5.92 Å². The first kappa shape index (κ1) is 22.4. The van der Waals surface area contributed by atoms with Crippen LogP contribution in [0.1, 0.15) is 24.0 Å². The van der Waals surface area contributed by atoms with Crippen molar-refractivity contribution in [2.75, 3.05) is 6.61 Å². The predicted octanol–water partition coefficient (Wildman–Crippen LogP) is 7.78. The van der Waals surface area contributed by atoms with Crippen LogP contribution in [0.3, 0.4) is 0 Å². The SMILES string of the molecule is c1ccc(-c2nc(OCCC3CCc4ccccc4C3)n(-c3ccccc3)c2-c2ccccc2)cc1. The number of fused-ring (bicyclic) bond motifs is 1. The zero-order chi connectivity index (χ0) is 24.2. The molecule has 0 saturated heterocycles. The van der Waals surface area contributed by atoms with Crippen LogP contribution in [0.25, 0.3) is 28.2 Å². The number of hydrogen-bond acceptors (Lipinski definition) is 2. The lowest BCUT2D eigenvalue weighted by Gasteiger charge is -2.24. The molecule has 1 heterocycles. The molecule has 0 saturated carbocycles. The molecule has 4 aromatic carbocycles. The predicted molar refractivity (Wildman–Crippen MR) is 147 cm³/mol. The highest BCUT2D eigenvalue weighted by Crippen LogP contribution is 2.38. The monoisotopic (exact) mass is 470 g/mol. The average Bonchev–Trinajstić information content (AvgIpc) is 3.34. The third kappa shape index (κ3) is 4.57. The Morgan fingerprint density at radius 1 is 0.694 bits per heavy atom. The molecule has 6 rings (SSSR count). The summed E-state index contributed by atoms with van der Waals surface area (Å²) < 4.78 is 8.67. The maximum atomic E-state index is 6.50. The van der Waals surface area contributed by atoms with Gasteiger partial charge in [0.25, 0.3) is 0 Å². The lowest BCUT2D eigenvalue weighted by atomic mass is 9.82. The van der Waals surface area contributed by atoms with E-state index in [1.807, 2.05) is 12.1 Å². The fourth-order valence-electron chi connectivity index (χ4n) is 5.31. The molecule has 1 aliphatic rings. The number of aromatic nitrogens is 2. The van der Waals surface area contributed by atoms with E-state index >= 15 is 0 Å². The summed E-state index contributed by atoms with van der Waals surface area (Å²) in [6.45, 7) is 0.652. The second-order valence-electron chi connectivity index (χ2n) is 9.51. The molecule has 0 fully saturated rings. The van der Waals surface area contributed by atoms with Gasteiger partial charge in [-0.25, -0.2) is 0 Å². The van der Waals surface area contributed by atoms with Gasteiger partial charge in [0.1, 0.15) is 5.69 Å². The van der Waals surface area contributed by atoms with Crippen LogP contribution < -0.4 is 4.74 Å². The van der Waals surface area contributed by atoms with Crippen LogP contribution >= 0.6 is 0 Å². The fourth-order valence-corrected chi connectivity index (χ4v) is 5.31. The zero-order valence-electron chi connectivity index (χ0n) is 20.4. The van der Waals surface area contributed by atoms with Crippen molar-refractivity contribution in [1.29, 1.82) is 0 Å². The number of hydrogen-bond donors (Lipinski definition) is 0. The number of aryl methyl sites for hydroxylation is 1. The normalized spacial score (nSPS) is 14.8.